The van der Waals surface area contributed by atoms with Crippen LogP contribution in [0, 0.1) is 11.8 Å². The molecule has 0 aliphatic heterocycles. The van der Waals surface area contributed by atoms with Gasteiger partial charge in [0.2, 0.25) is 0 Å². The first-order valence-electron chi connectivity index (χ1n) is 7.44. The van der Waals surface area contributed by atoms with E-state index >= 15 is 0 Å². The molecule has 2 rings (SSSR count). The minimum absolute atomic E-state index is 0.281. The average molecular weight is 277 g/mol. The number of methoxy groups -OCH3 is 2. The summed E-state index contributed by atoms with van der Waals surface area (Å²) in [5, 5.41) is 3.57. The summed E-state index contributed by atoms with van der Waals surface area (Å²) in [7, 11) is 3.37. The second-order valence-corrected chi connectivity index (χ2v) is 6.44. The summed E-state index contributed by atoms with van der Waals surface area (Å²) in [6.45, 7) is 9.03. The lowest BCUT2D eigenvalue weighted by molar-refractivity contribution is 0.354. The van der Waals surface area contributed by atoms with Crippen LogP contribution >= 0.6 is 0 Å². The molecule has 1 aliphatic rings. The van der Waals surface area contributed by atoms with Crippen LogP contribution in [0.3, 0.4) is 0 Å². The molecule has 20 heavy (non-hydrogen) atoms. The van der Waals surface area contributed by atoms with Crippen molar-refractivity contribution in [2.45, 2.75) is 32.6 Å². The molecule has 3 heteroatoms. The summed E-state index contributed by atoms with van der Waals surface area (Å²) in [6.07, 6.45) is 1.24. The molecule has 0 aromatic heterocycles. The average Bonchev–Trinajstić information content (AvgIpc) is 3.09. The quantitative estimate of drug-likeness (QED) is 0.830. The van der Waals surface area contributed by atoms with Crippen LogP contribution in [0.2, 0.25) is 0 Å². The van der Waals surface area contributed by atoms with E-state index in [4.69, 9.17) is 9.47 Å². The second-order valence-electron chi connectivity index (χ2n) is 6.44. The molecule has 1 aromatic carbocycles. The molecule has 0 spiro atoms. The van der Waals surface area contributed by atoms with Gasteiger partial charge in [0.25, 0.3) is 0 Å². The first kappa shape index (κ1) is 15.2. The van der Waals surface area contributed by atoms with Crippen molar-refractivity contribution in [2.24, 2.45) is 11.8 Å². The van der Waals surface area contributed by atoms with Crippen LogP contribution in [-0.4, -0.2) is 27.3 Å². The van der Waals surface area contributed by atoms with Gasteiger partial charge in [0.05, 0.1) is 14.2 Å². The molecule has 0 saturated heterocycles. The highest BCUT2D eigenvalue weighted by Gasteiger charge is 2.50. The molecule has 112 valence electrons. The molecule has 2 unspecified atom stereocenters. The largest absolute Gasteiger partial charge is 0.493 e. The van der Waals surface area contributed by atoms with Gasteiger partial charge in [-0.2, -0.15) is 0 Å². The Morgan fingerprint density at radius 1 is 1.25 bits per heavy atom. The van der Waals surface area contributed by atoms with Crippen molar-refractivity contribution >= 4 is 0 Å². The van der Waals surface area contributed by atoms with Crippen LogP contribution in [0.15, 0.2) is 18.2 Å². The van der Waals surface area contributed by atoms with Crippen LogP contribution < -0.4 is 14.8 Å². The Kier molecular flexibility index (Phi) is 4.59. The molecule has 1 N–H and O–H groups in total. The third-order valence-corrected chi connectivity index (χ3v) is 4.40. The smallest absolute Gasteiger partial charge is 0.161 e. The van der Waals surface area contributed by atoms with E-state index in [9.17, 15) is 0 Å². The molecule has 0 bridgehead atoms. The van der Waals surface area contributed by atoms with Crippen LogP contribution in [0.4, 0.5) is 0 Å². The fourth-order valence-electron chi connectivity index (χ4n) is 2.84. The van der Waals surface area contributed by atoms with E-state index in [-0.39, 0.29) is 5.41 Å². The lowest BCUT2D eigenvalue weighted by atomic mass is 9.95. The van der Waals surface area contributed by atoms with E-state index in [1.807, 2.05) is 6.07 Å². The SMILES string of the molecule is COc1ccc(C2(C)CC2CNCC(C)C)cc1OC. The van der Waals surface area contributed by atoms with E-state index in [0.717, 1.165) is 30.5 Å². The maximum atomic E-state index is 5.41. The van der Waals surface area contributed by atoms with Crippen LogP contribution in [0.25, 0.3) is 0 Å². The van der Waals surface area contributed by atoms with E-state index in [1.54, 1.807) is 14.2 Å². The zero-order valence-electron chi connectivity index (χ0n) is 13.3. The molecule has 2 atom stereocenters. The Labute approximate surface area is 122 Å². The van der Waals surface area contributed by atoms with Crippen molar-refractivity contribution in [2.75, 3.05) is 27.3 Å². The highest BCUT2D eigenvalue weighted by molar-refractivity contribution is 5.47. The van der Waals surface area contributed by atoms with Crippen molar-refractivity contribution in [1.29, 1.82) is 0 Å². The van der Waals surface area contributed by atoms with Crippen molar-refractivity contribution in [1.82, 2.24) is 5.32 Å². The van der Waals surface area contributed by atoms with Crippen molar-refractivity contribution in [3.05, 3.63) is 23.8 Å². The molecule has 1 aliphatic carbocycles. The topological polar surface area (TPSA) is 30.5 Å². The molecular formula is C17H27NO2. The fraction of sp³-hybridized carbons (Fsp3) is 0.647. The van der Waals surface area contributed by atoms with Crippen molar-refractivity contribution in [3.8, 4) is 11.5 Å². The van der Waals surface area contributed by atoms with Gasteiger partial charge in [0, 0.05) is 0 Å². The zero-order chi connectivity index (χ0) is 14.8. The van der Waals surface area contributed by atoms with Gasteiger partial charge in [-0.1, -0.05) is 26.8 Å². The molecule has 1 aromatic rings. The lowest BCUT2D eigenvalue weighted by Crippen LogP contribution is -2.24. The zero-order valence-corrected chi connectivity index (χ0v) is 13.3. The molecular weight excluding hydrogens is 250 g/mol. The van der Waals surface area contributed by atoms with Crippen LogP contribution in [0.5, 0.6) is 11.5 Å². The van der Waals surface area contributed by atoms with Crippen LogP contribution in [-0.2, 0) is 5.41 Å². The summed E-state index contributed by atoms with van der Waals surface area (Å²) in [4.78, 5) is 0. The number of hydrogen-bond donors (Lipinski definition) is 1. The van der Waals surface area contributed by atoms with Gasteiger partial charge in [-0.3, -0.25) is 0 Å². The predicted molar refractivity (Wildman–Crippen MR) is 82.7 cm³/mol. The number of hydrogen-bond acceptors (Lipinski definition) is 3. The minimum Gasteiger partial charge on any atom is -0.493 e. The fourth-order valence-corrected chi connectivity index (χ4v) is 2.84. The Balaban J connectivity index is 2.01. The first-order chi connectivity index (χ1) is 9.51. The van der Waals surface area contributed by atoms with Crippen molar-refractivity contribution in [3.63, 3.8) is 0 Å². The maximum Gasteiger partial charge on any atom is 0.161 e. The summed E-state index contributed by atoms with van der Waals surface area (Å²) in [6, 6.07) is 6.31. The number of nitrogens with one attached hydrogen (secondary N) is 1. The predicted octanol–water partition coefficient (Wildman–Crippen LogP) is 3.23. The molecule has 1 fully saturated rings. The molecule has 1 saturated carbocycles. The third-order valence-electron chi connectivity index (χ3n) is 4.40. The van der Waals surface area contributed by atoms with E-state index in [1.165, 1.54) is 12.0 Å². The first-order valence-corrected chi connectivity index (χ1v) is 7.44. The summed E-state index contributed by atoms with van der Waals surface area (Å²) in [5.74, 6) is 3.06. The summed E-state index contributed by atoms with van der Waals surface area (Å²) >= 11 is 0. The van der Waals surface area contributed by atoms with E-state index in [2.05, 4.69) is 38.2 Å². The number of rotatable bonds is 7. The highest BCUT2D eigenvalue weighted by atomic mass is 16.5. The highest BCUT2D eigenvalue weighted by Crippen LogP contribution is 2.54. The van der Waals surface area contributed by atoms with Crippen LogP contribution in [0.1, 0.15) is 32.8 Å². The monoisotopic (exact) mass is 277 g/mol. The Bertz CT molecular complexity index is 458. The standard InChI is InChI=1S/C17H27NO2/c1-12(2)10-18-11-14-9-17(14,3)13-6-7-15(19-4)16(8-13)20-5/h6-8,12,14,18H,9-11H2,1-5H3. The van der Waals surface area contributed by atoms with E-state index < -0.39 is 0 Å². The minimum atomic E-state index is 0.281. The Morgan fingerprint density at radius 3 is 2.55 bits per heavy atom. The lowest BCUT2D eigenvalue weighted by Gasteiger charge is -2.16. The maximum absolute atomic E-state index is 5.41. The number of benzene rings is 1. The second kappa shape index (κ2) is 6.04. The molecule has 0 heterocycles. The summed E-state index contributed by atoms with van der Waals surface area (Å²) < 4.78 is 10.7. The van der Waals surface area contributed by atoms with Gasteiger partial charge in [-0.05, 0) is 54.5 Å². The van der Waals surface area contributed by atoms with Gasteiger partial charge in [-0.25, -0.2) is 0 Å². The van der Waals surface area contributed by atoms with Gasteiger partial charge >= 0.3 is 0 Å². The normalized spacial score (nSPS) is 24.8. The Morgan fingerprint density at radius 2 is 1.95 bits per heavy atom. The molecule has 0 radical (unpaired) electrons. The van der Waals surface area contributed by atoms with E-state index in [0.29, 0.717) is 5.92 Å². The molecule has 0 amide bonds. The summed E-state index contributed by atoms with van der Waals surface area (Å²) in [5.41, 5.74) is 1.63. The van der Waals surface area contributed by atoms with Gasteiger partial charge in [-0.15, -0.1) is 0 Å². The van der Waals surface area contributed by atoms with Gasteiger partial charge in [0.1, 0.15) is 0 Å². The van der Waals surface area contributed by atoms with Crippen molar-refractivity contribution < 1.29 is 9.47 Å². The number of ether oxygens (including phenoxy) is 2. The van der Waals surface area contributed by atoms with Gasteiger partial charge in [0.15, 0.2) is 11.5 Å². The third kappa shape index (κ3) is 3.09. The molecule has 3 nitrogen and oxygen atoms in total. The Hall–Kier alpha value is -1.22. The van der Waals surface area contributed by atoms with Gasteiger partial charge < -0.3 is 14.8 Å².